The highest BCUT2D eigenvalue weighted by atomic mass is 32.2. The predicted molar refractivity (Wildman–Crippen MR) is 90.9 cm³/mol. The summed E-state index contributed by atoms with van der Waals surface area (Å²) in [6.07, 6.45) is 1.75. The maximum Gasteiger partial charge on any atom is 0.234 e. The van der Waals surface area contributed by atoms with E-state index in [9.17, 15) is 4.79 Å². The fraction of sp³-hybridized carbons (Fsp3) is 0.214. The van der Waals surface area contributed by atoms with Crippen LogP contribution in [0.25, 0.3) is 0 Å². The Hall–Kier alpha value is -2.06. The molecular weight excluding hydrogens is 320 g/mol. The second-order valence-electron chi connectivity index (χ2n) is 4.11. The first-order valence-electron chi connectivity index (χ1n) is 6.46. The topological polar surface area (TPSA) is 76.1 Å². The molecule has 8 heteroatoms. The number of nitrogens with zero attached hydrogens (tertiary/aromatic N) is 2. The molecule has 1 aromatic carbocycles. The van der Waals surface area contributed by atoms with Crippen LogP contribution in [0.2, 0.25) is 0 Å². The highest BCUT2D eigenvalue weighted by Crippen LogP contribution is 2.25. The Labute approximate surface area is 137 Å². The van der Waals surface area contributed by atoms with Crippen LogP contribution in [-0.2, 0) is 4.79 Å². The van der Waals surface area contributed by atoms with E-state index in [-0.39, 0.29) is 11.7 Å². The molecule has 2 aromatic rings. The lowest BCUT2D eigenvalue weighted by atomic mass is 10.3. The summed E-state index contributed by atoms with van der Waals surface area (Å²) in [5, 5.41) is 14.6. The van der Waals surface area contributed by atoms with Crippen molar-refractivity contribution < 1.29 is 9.53 Å². The number of hydrogen-bond donors (Lipinski definition) is 2. The lowest BCUT2D eigenvalue weighted by Gasteiger charge is -2.06. The van der Waals surface area contributed by atoms with Crippen molar-refractivity contribution in [3.63, 3.8) is 0 Å². The van der Waals surface area contributed by atoms with Gasteiger partial charge in [0.2, 0.25) is 11.0 Å². The second-order valence-corrected chi connectivity index (χ2v) is 6.31. The first-order valence-corrected chi connectivity index (χ1v) is 8.26. The number of aromatic nitrogens is 2. The van der Waals surface area contributed by atoms with Gasteiger partial charge in [-0.05, 0) is 12.1 Å². The summed E-state index contributed by atoms with van der Waals surface area (Å²) in [6, 6.07) is 7.23. The van der Waals surface area contributed by atoms with Gasteiger partial charge in [0.15, 0.2) is 4.34 Å². The van der Waals surface area contributed by atoms with E-state index in [0.717, 1.165) is 9.47 Å². The van der Waals surface area contributed by atoms with Crippen LogP contribution in [-0.4, -0.2) is 35.5 Å². The molecule has 2 N–H and O–H groups in total. The van der Waals surface area contributed by atoms with Crippen molar-refractivity contribution in [2.24, 2.45) is 0 Å². The number of methoxy groups -OCH3 is 1. The van der Waals surface area contributed by atoms with Gasteiger partial charge in [0.25, 0.3) is 0 Å². The molecule has 116 valence electrons. The van der Waals surface area contributed by atoms with Gasteiger partial charge in [0.05, 0.1) is 12.9 Å². The molecule has 6 nitrogen and oxygen atoms in total. The Kier molecular flexibility index (Phi) is 6.23. The predicted octanol–water partition coefficient (Wildman–Crippen LogP) is 2.88. The molecule has 0 spiro atoms. The van der Waals surface area contributed by atoms with E-state index in [2.05, 4.69) is 27.4 Å². The first-order chi connectivity index (χ1) is 10.7. The summed E-state index contributed by atoms with van der Waals surface area (Å²) in [5.41, 5.74) is 0.704. The van der Waals surface area contributed by atoms with Gasteiger partial charge in [0, 0.05) is 18.3 Å². The number of rotatable bonds is 8. The van der Waals surface area contributed by atoms with Crippen molar-refractivity contribution in [1.29, 1.82) is 0 Å². The fourth-order valence-corrected chi connectivity index (χ4v) is 3.08. The number of carbonyl (C=O) groups is 1. The minimum Gasteiger partial charge on any atom is -0.497 e. The van der Waals surface area contributed by atoms with E-state index in [0.29, 0.717) is 18.0 Å². The molecule has 1 amide bonds. The SMILES string of the molecule is C=CCNc1nnc(SCC(=O)Nc2cccc(OC)c2)s1. The summed E-state index contributed by atoms with van der Waals surface area (Å²) in [4.78, 5) is 11.9. The molecule has 1 heterocycles. The van der Waals surface area contributed by atoms with Crippen LogP contribution in [0.5, 0.6) is 5.75 Å². The minimum atomic E-state index is -0.103. The number of nitrogens with one attached hydrogen (secondary N) is 2. The molecule has 22 heavy (non-hydrogen) atoms. The van der Waals surface area contributed by atoms with Gasteiger partial charge in [0.1, 0.15) is 5.75 Å². The van der Waals surface area contributed by atoms with E-state index < -0.39 is 0 Å². The number of anilines is 2. The van der Waals surface area contributed by atoms with Crippen LogP contribution in [0.1, 0.15) is 0 Å². The van der Waals surface area contributed by atoms with Gasteiger partial charge in [-0.15, -0.1) is 16.8 Å². The molecule has 0 saturated heterocycles. The van der Waals surface area contributed by atoms with Crippen LogP contribution >= 0.6 is 23.1 Å². The van der Waals surface area contributed by atoms with Crippen molar-refractivity contribution >= 4 is 39.8 Å². The summed E-state index contributed by atoms with van der Waals surface area (Å²) < 4.78 is 5.86. The molecule has 0 aliphatic heterocycles. The third-order valence-electron chi connectivity index (χ3n) is 2.48. The van der Waals surface area contributed by atoms with E-state index in [1.165, 1.54) is 23.1 Å². The van der Waals surface area contributed by atoms with Crippen molar-refractivity contribution in [1.82, 2.24) is 10.2 Å². The molecule has 0 unspecified atom stereocenters. The van der Waals surface area contributed by atoms with Gasteiger partial charge >= 0.3 is 0 Å². The standard InChI is InChI=1S/C14H16N4O2S2/c1-3-7-15-13-17-18-14(22-13)21-9-12(19)16-10-5-4-6-11(8-10)20-2/h3-6,8H,1,7,9H2,2H3,(H,15,17)(H,16,19). The molecule has 0 fully saturated rings. The highest BCUT2D eigenvalue weighted by Gasteiger charge is 2.08. The molecule has 0 saturated carbocycles. The Morgan fingerprint density at radius 3 is 3.14 bits per heavy atom. The Morgan fingerprint density at radius 2 is 2.36 bits per heavy atom. The number of carbonyl (C=O) groups excluding carboxylic acids is 1. The average molecular weight is 336 g/mol. The molecule has 1 aromatic heterocycles. The summed E-state index contributed by atoms with van der Waals surface area (Å²) >= 11 is 2.76. The zero-order valence-electron chi connectivity index (χ0n) is 12.0. The maximum atomic E-state index is 11.9. The highest BCUT2D eigenvalue weighted by molar-refractivity contribution is 8.01. The van der Waals surface area contributed by atoms with E-state index in [1.54, 1.807) is 19.3 Å². The molecule has 0 aliphatic rings. The molecule has 0 aliphatic carbocycles. The Balaban J connectivity index is 1.82. The summed E-state index contributed by atoms with van der Waals surface area (Å²) in [5.74, 6) is 0.870. The smallest absolute Gasteiger partial charge is 0.234 e. The van der Waals surface area contributed by atoms with Gasteiger partial charge in [-0.2, -0.15) is 0 Å². The van der Waals surface area contributed by atoms with E-state index in [1.807, 2.05) is 18.2 Å². The van der Waals surface area contributed by atoms with Crippen LogP contribution < -0.4 is 15.4 Å². The number of amides is 1. The van der Waals surface area contributed by atoms with E-state index in [4.69, 9.17) is 4.74 Å². The largest absolute Gasteiger partial charge is 0.497 e. The van der Waals surface area contributed by atoms with Crippen LogP contribution in [0.3, 0.4) is 0 Å². The Morgan fingerprint density at radius 1 is 1.50 bits per heavy atom. The number of benzene rings is 1. The van der Waals surface area contributed by atoms with Crippen molar-refractivity contribution in [3.8, 4) is 5.75 Å². The monoisotopic (exact) mass is 336 g/mol. The number of hydrogen-bond acceptors (Lipinski definition) is 7. The third kappa shape index (κ3) is 5.05. The lowest BCUT2D eigenvalue weighted by Crippen LogP contribution is -2.13. The zero-order valence-corrected chi connectivity index (χ0v) is 13.7. The van der Waals surface area contributed by atoms with Crippen LogP contribution in [0.15, 0.2) is 41.3 Å². The van der Waals surface area contributed by atoms with Crippen LogP contribution in [0, 0.1) is 0 Å². The normalized spacial score (nSPS) is 10.0. The minimum absolute atomic E-state index is 0.103. The maximum absolute atomic E-state index is 11.9. The quantitative estimate of drug-likeness (QED) is 0.570. The summed E-state index contributed by atoms with van der Waals surface area (Å²) in [6.45, 7) is 4.26. The average Bonchev–Trinajstić information content (AvgIpc) is 2.99. The molecule has 2 rings (SSSR count). The van der Waals surface area contributed by atoms with Crippen molar-refractivity contribution in [3.05, 3.63) is 36.9 Å². The van der Waals surface area contributed by atoms with Gasteiger partial charge in [-0.3, -0.25) is 4.79 Å². The summed E-state index contributed by atoms with van der Waals surface area (Å²) in [7, 11) is 1.59. The first kappa shape index (κ1) is 16.3. The van der Waals surface area contributed by atoms with Gasteiger partial charge in [-0.25, -0.2) is 0 Å². The van der Waals surface area contributed by atoms with Crippen molar-refractivity contribution in [2.75, 3.05) is 30.0 Å². The van der Waals surface area contributed by atoms with Crippen LogP contribution in [0.4, 0.5) is 10.8 Å². The molecular formula is C14H16N4O2S2. The van der Waals surface area contributed by atoms with Gasteiger partial charge in [-0.1, -0.05) is 35.2 Å². The lowest BCUT2D eigenvalue weighted by molar-refractivity contribution is -0.113. The number of thioether (sulfide) groups is 1. The Bertz CT molecular complexity index is 645. The number of ether oxygens (including phenoxy) is 1. The zero-order chi connectivity index (χ0) is 15.8. The molecule has 0 atom stereocenters. The molecule has 0 radical (unpaired) electrons. The van der Waals surface area contributed by atoms with Gasteiger partial charge < -0.3 is 15.4 Å². The van der Waals surface area contributed by atoms with Crippen molar-refractivity contribution in [2.45, 2.75) is 4.34 Å². The third-order valence-corrected chi connectivity index (χ3v) is 4.50. The molecule has 0 bridgehead atoms. The fourth-order valence-electron chi connectivity index (χ4n) is 1.52. The van der Waals surface area contributed by atoms with E-state index >= 15 is 0 Å². The second kappa shape index (κ2) is 8.40.